The minimum Gasteiger partial charge on any atom is -0.492 e. The molecule has 0 saturated carbocycles. The number of rotatable bonds is 5. The van der Waals surface area contributed by atoms with Crippen molar-refractivity contribution in [3.05, 3.63) is 23.8 Å². The zero-order chi connectivity index (χ0) is 12.1. The average Bonchev–Trinajstić information content (AvgIpc) is 2.26. The number of primary amides is 1. The normalized spacial score (nSPS) is 12.1. The molecule has 5 heteroatoms. The Bertz CT molecular complexity index is 379. The second-order valence-electron chi connectivity index (χ2n) is 3.72. The second-order valence-corrected chi connectivity index (χ2v) is 3.72. The van der Waals surface area contributed by atoms with Crippen LogP contribution in [-0.4, -0.2) is 24.2 Å². The molecule has 1 atom stereocenters. The molecule has 0 aromatic heterocycles. The van der Waals surface area contributed by atoms with Crippen molar-refractivity contribution in [3.63, 3.8) is 0 Å². The van der Waals surface area contributed by atoms with Crippen LogP contribution >= 0.6 is 0 Å². The molecule has 1 rings (SSSR count). The fourth-order valence-electron chi connectivity index (χ4n) is 1.15. The van der Waals surface area contributed by atoms with Gasteiger partial charge in [-0.2, -0.15) is 0 Å². The van der Waals surface area contributed by atoms with Crippen LogP contribution < -0.4 is 16.2 Å². The van der Waals surface area contributed by atoms with E-state index in [1.807, 2.05) is 6.92 Å². The Morgan fingerprint density at radius 2 is 2.25 bits per heavy atom. The predicted octanol–water partition coefficient (Wildman–Crippen LogP) is 0.375. The van der Waals surface area contributed by atoms with Crippen LogP contribution in [0.25, 0.3) is 0 Å². The number of anilines is 1. The molecule has 16 heavy (non-hydrogen) atoms. The Balaban J connectivity index is 2.82. The molecular weight excluding hydrogens is 208 g/mol. The van der Waals surface area contributed by atoms with Crippen molar-refractivity contribution >= 4 is 11.6 Å². The lowest BCUT2D eigenvalue weighted by Gasteiger charge is -2.13. The van der Waals surface area contributed by atoms with Gasteiger partial charge in [-0.1, -0.05) is 6.92 Å². The van der Waals surface area contributed by atoms with E-state index in [0.29, 0.717) is 18.0 Å². The monoisotopic (exact) mass is 224 g/mol. The summed E-state index contributed by atoms with van der Waals surface area (Å²) >= 11 is 0. The van der Waals surface area contributed by atoms with Gasteiger partial charge >= 0.3 is 0 Å². The van der Waals surface area contributed by atoms with Crippen LogP contribution in [0.15, 0.2) is 18.2 Å². The second kappa shape index (κ2) is 5.37. The molecule has 0 heterocycles. The van der Waals surface area contributed by atoms with E-state index in [-0.39, 0.29) is 18.1 Å². The van der Waals surface area contributed by atoms with Gasteiger partial charge in [-0.05, 0) is 18.2 Å². The fourth-order valence-corrected chi connectivity index (χ4v) is 1.15. The van der Waals surface area contributed by atoms with Crippen molar-refractivity contribution in [2.75, 3.05) is 18.9 Å². The summed E-state index contributed by atoms with van der Waals surface area (Å²) < 4.78 is 5.39. The van der Waals surface area contributed by atoms with Gasteiger partial charge in [-0.25, -0.2) is 0 Å². The molecule has 0 aliphatic carbocycles. The molecule has 1 aromatic rings. The van der Waals surface area contributed by atoms with Gasteiger partial charge in [0.15, 0.2) is 0 Å². The van der Waals surface area contributed by atoms with Crippen LogP contribution in [-0.2, 0) is 0 Å². The van der Waals surface area contributed by atoms with E-state index < -0.39 is 5.91 Å². The molecule has 1 aromatic carbocycles. The molecule has 1 amide bonds. The minimum atomic E-state index is -0.584. The van der Waals surface area contributed by atoms with Crippen LogP contribution in [0.2, 0.25) is 0 Å². The molecular formula is C11H16N2O3. The Kier molecular flexibility index (Phi) is 4.13. The molecule has 0 spiro atoms. The van der Waals surface area contributed by atoms with Crippen LogP contribution in [0.4, 0.5) is 5.69 Å². The van der Waals surface area contributed by atoms with Gasteiger partial charge in [0.05, 0.1) is 12.2 Å². The van der Waals surface area contributed by atoms with Crippen LogP contribution in [0.5, 0.6) is 5.75 Å². The number of nitrogen functional groups attached to an aromatic ring is 1. The summed E-state index contributed by atoms with van der Waals surface area (Å²) in [6, 6.07) is 4.70. The standard InChI is InChI=1S/C11H16N2O3/c1-7(5-14)6-16-10-3-2-8(12)4-9(10)11(13)15/h2-4,7,14H,5-6,12H2,1H3,(H2,13,15). The molecule has 0 fully saturated rings. The van der Waals surface area contributed by atoms with Crippen LogP contribution in [0.3, 0.4) is 0 Å². The number of carbonyl (C=O) groups is 1. The topological polar surface area (TPSA) is 98.6 Å². The van der Waals surface area contributed by atoms with Crippen molar-refractivity contribution in [1.82, 2.24) is 0 Å². The van der Waals surface area contributed by atoms with E-state index >= 15 is 0 Å². The first kappa shape index (κ1) is 12.3. The minimum absolute atomic E-state index is 0.00159. The smallest absolute Gasteiger partial charge is 0.252 e. The molecule has 1 unspecified atom stereocenters. The lowest BCUT2D eigenvalue weighted by Crippen LogP contribution is -2.17. The highest BCUT2D eigenvalue weighted by Crippen LogP contribution is 2.21. The molecule has 0 saturated heterocycles. The number of nitrogens with two attached hydrogens (primary N) is 2. The maximum Gasteiger partial charge on any atom is 0.252 e. The molecule has 0 aliphatic heterocycles. The van der Waals surface area contributed by atoms with Gasteiger partial charge < -0.3 is 21.3 Å². The number of hydrogen-bond acceptors (Lipinski definition) is 4. The van der Waals surface area contributed by atoms with Gasteiger partial charge in [0.2, 0.25) is 0 Å². The predicted molar refractivity (Wildman–Crippen MR) is 61.1 cm³/mol. The first-order valence-electron chi connectivity index (χ1n) is 4.97. The van der Waals surface area contributed by atoms with E-state index in [2.05, 4.69) is 0 Å². The summed E-state index contributed by atoms with van der Waals surface area (Å²) in [6.45, 7) is 2.18. The van der Waals surface area contributed by atoms with Gasteiger partial charge in [-0.15, -0.1) is 0 Å². The summed E-state index contributed by atoms with van der Waals surface area (Å²) in [5.41, 5.74) is 11.5. The molecule has 5 nitrogen and oxygen atoms in total. The highest BCUT2D eigenvalue weighted by atomic mass is 16.5. The zero-order valence-electron chi connectivity index (χ0n) is 9.14. The van der Waals surface area contributed by atoms with Gasteiger partial charge in [0.1, 0.15) is 5.75 Å². The lowest BCUT2D eigenvalue weighted by atomic mass is 10.1. The molecule has 0 bridgehead atoms. The Labute approximate surface area is 94.0 Å². The van der Waals surface area contributed by atoms with E-state index in [9.17, 15) is 4.79 Å². The van der Waals surface area contributed by atoms with Crippen LogP contribution in [0.1, 0.15) is 17.3 Å². The van der Waals surface area contributed by atoms with Gasteiger partial charge in [0.25, 0.3) is 5.91 Å². The number of carbonyl (C=O) groups excluding carboxylic acids is 1. The third-order valence-electron chi connectivity index (χ3n) is 2.10. The van der Waals surface area contributed by atoms with Crippen LogP contribution in [0, 0.1) is 5.92 Å². The highest BCUT2D eigenvalue weighted by Gasteiger charge is 2.11. The third kappa shape index (κ3) is 3.13. The highest BCUT2D eigenvalue weighted by molar-refractivity contribution is 5.96. The summed E-state index contributed by atoms with van der Waals surface area (Å²) in [5.74, 6) is -0.195. The number of aliphatic hydroxyl groups excluding tert-OH is 1. The Hall–Kier alpha value is -1.75. The largest absolute Gasteiger partial charge is 0.492 e. The van der Waals surface area contributed by atoms with Crippen molar-refractivity contribution < 1.29 is 14.6 Å². The quantitative estimate of drug-likeness (QED) is 0.629. The summed E-state index contributed by atoms with van der Waals surface area (Å²) in [7, 11) is 0. The van der Waals surface area contributed by atoms with Gasteiger partial charge in [0, 0.05) is 18.2 Å². The maximum atomic E-state index is 11.1. The Morgan fingerprint density at radius 3 is 2.81 bits per heavy atom. The number of hydrogen-bond donors (Lipinski definition) is 3. The summed E-state index contributed by atoms with van der Waals surface area (Å²) in [6.07, 6.45) is 0. The number of amides is 1. The van der Waals surface area contributed by atoms with E-state index in [4.69, 9.17) is 21.3 Å². The average molecular weight is 224 g/mol. The Morgan fingerprint density at radius 1 is 1.56 bits per heavy atom. The maximum absolute atomic E-state index is 11.1. The zero-order valence-corrected chi connectivity index (χ0v) is 9.14. The summed E-state index contributed by atoms with van der Waals surface area (Å²) in [4.78, 5) is 11.1. The van der Waals surface area contributed by atoms with E-state index in [0.717, 1.165) is 0 Å². The molecule has 0 aliphatic rings. The number of ether oxygens (including phenoxy) is 1. The number of benzene rings is 1. The fraction of sp³-hybridized carbons (Fsp3) is 0.364. The SMILES string of the molecule is CC(CO)COc1ccc(N)cc1C(N)=O. The third-order valence-corrected chi connectivity index (χ3v) is 2.10. The lowest BCUT2D eigenvalue weighted by molar-refractivity contribution is 0.0994. The first-order valence-corrected chi connectivity index (χ1v) is 4.97. The summed E-state index contributed by atoms with van der Waals surface area (Å²) in [5, 5.41) is 8.84. The molecule has 88 valence electrons. The van der Waals surface area contributed by atoms with Crippen molar-refractivity contribution in [2.45, 2.75) is 6.92 Å². The van der Waals surface area contributed by atoms with Gasteiger partial charge in [-0.3, -0.25) is 4.79 Å². The van der Waals surface area contributed by atoms with Crippen molar-refractivity contribution in [3.8, 4) is 5.75 Å². The molecule has 0 radical (unpaired) electrons. The van der Waals surface area contributed by atoms with Crippen molar-refractivity contribution in [1.29, 1.82) is 0 Å². The van der Waals surface area contributed by atoms with E-state index in [1.54, 1.807) is 12.1 Å². The number of aliphatic hydroxyl groups is 1. The van der Waals surface area contributed by atoms with Crippen molar-refractivity contribution in [2.24, 2.45) is 11.7 Å². The first-order chi connectivity index (χ1) is 7.54. The molecule has 5 N–H and O–H groups in total. The van der Waals surface area contributed by atoms with E-state index in [1.165, 1.54) is 6.07 Å².